The molecular formula is C15H14Cl4O5. The molecule has 5 nitrogen and oxygen atoms in total. The first-order chi connectivity index (χ1) is 11.0. The van der Waals surface area contributed by atoms with Crippen LogP contribution in [-0.2, 0) is 14.3 Å². The molecule has 0 aromatic heterocycles. The Morgan fingerprint density at radius 3 is 1.96 bits per heavy atom. The van der Waals surface area contributed by atoms with Gasteiger partial charge in [0.1, 0.15) is 20.4 Å². The van der Waals surface area contributed by atoms with E-state index in [0.29, 0.717) is 0 Å². The molecule has 132 valence electrons. The smallest absolute Gasteiger partial charge is 0.211 e. The van der Waals surface area contributed by atoms with E-state index < -0.39 is 66.6 Å². The monoisotopic (exact) mass is 414 g/mol. The average Bonchev–Trinajstić information content (AvgIpc) is 2.66. The van der Waals surface area contributed by atoms with Crippen molar-refractivity contribution in [2.75, 3.05) is 14.2 Å². The second-order valence-corrected chi connectivity index (χ2v) is 10.5. The average molecular weight is 416 g/mol. The van der Waals surface area contributed by atoms with Crippen LogP contribution in [0.1, 0.15) is 0 Å². The Labute approximate surface area is 157 Å². The molecule has 9 heteroatoms. The number of halogens is 4. The molecule has 2 bridgehead atoms. The summed E-state index contributed by atoms with van der Waals surface area (Å²) >= 11 is 28.2. The van der Waals surface area contributed by atoms with Crippen molar-refractivity contribution in [1.29, 1.82) is 0 Å². The highest BCUT2D eigenvalue weighted by Gasteiger charge is 3.13. The molecule has 10 atom stereocenters. The topological polar surface area (TPSA) is 76.0 Å². The molecule has 5 fully saturated rings. The largest absolute Gasteiger partial charge is 0.365 e. The number of hydrogen-bond acceptors (Lipinski definition) is 5. The van der Waals surface area contributed by atoms with Gasteiger partial charge in [-0.3, -0.25) is 4.79 Å². The van der Waals surface area contributed by atoms with Crippen molar-refractivity contribution in [1.82, 2.24) is 0 Å². The van der Waals surface area contributed by atoms with Gasteiger partial charge >= 0.3 is 0 Å². The van der Waals surface area contributed by atoms with Crippen molar-refractivity contribution < 1.29 is 24.5 Å². The lowest BCUT2D eigenvalue weighted by Gasteiger charge is -2.84. The van der Waals surface area contributed by atoms with Gasteiger partial charge in [0.25, 0.3) is 0 Å². The second-order valence-electron chi connectivity index (χ2n) is 8.12. The molecule has 0 heterocycles. The fraction of sp³-hybridized carbons (Fsp3) is 0.933. The Balaban J connectivity index is 1.79. The fourth-order valence-corrected chi connectivity index (χ4v) is 11.5. The van der Waals surface area contributed by atoms with Gasteiger partial charge in [-0.25, -0.2) is 0 Å². The van der Waals surface area contributed by atoms with Crippen molar-refractivity contribution in [2.45, 2.75) is 31.1 Å². The van der Waals surface area contributed by atoms with Crippen LogP contribution in [0.25, 0.3) is 0 Å². The normalized spacial score (nSPS) is 70.6. The van der Waals surface area contributed by atoms with Crippen LogP contribution < -0.4 is 0 Å². The molecule has 0 amide bonds. The maximum absolute atomic E-state index is 12.9. The number of methoxy groups -OCH3 is 2. The zero-order valence-electron chi connectivity index (χ0n) is 12.6. The summed E-state index contributed by atoms with van der Waals surface area (Å²) < 4.78 is 11.5. The molecule has 5 rings (SSSR count). The molecular weight excluding hydrogens is 402 g/mol. The summed E-state index contributed by atoms with van der Waals surface area (Å²) in [5.41, 5.74) is 0. The quantitative estimate of drug-likeness (QED) is 0.398. The molecule has 0 unspecified atom stereocenters. The number of ketones is 1. The van der Waals surface area contributed by atoms with Crippen LogP contribution in [0.2, 0.25) is 0 Å². The molecule has 5 aliphatic rings. The molecule has 5 saturated carbocycles. The van der Waals surface area contributed by atoms with Gasteiger partial charge in [0.05, 0.1) is 10.8 Å². The van der Waals surface area contributed by atoms with E-state index in [1.807, 2.05) is 0 Å². The molecule has 2 N–H and O–H groups in total. The van der Waals surface area contributed by atoms with E-state index in [9.17, 15) is 15.0 Å². The summed E-state index contributed by atoms with van der Waals surface area (Å²) in [5.74, 6) is -7.91. The van der Waals surface area contributed by atoms with Gasteiger partial charge in [-0.05, 0) is 5.92 Å². The van der Waals surface area contributed by atoms with E-state index in [-0.39, 0.29) is 5.78 Å². The first-order valence-electron chi connectivity index (χ1n) is 7.86. The summed E-state index contributed by atoms with van der Waals surface area (Å²) in [6, 6.07) is 0. The van der Waals surface area contributed by atoms with Crippen LogP contribution >= 0.6 is 46.4 Å². The van der Waals surface area contributed by atoms with Crippen LogP contribution in [0, 0.1) is 35.5 Å². The Hall–Kier alpha value is 0.670. The van der Waals surface area contributed by atoms with Crippen molar-refractivity contribution in [3.05, 3.63) is 0 Å². The first-order valence-corrected chi connectivity index (χ1v) is 9.37. The third-order valence-corrected chi connectivity index (χ3v) is 11.9. The van der Waals surface area contributed by atoms with Gasteiger partial charge in [-0.1, -0.05) is 0 Å². The van der Waals surface area contributed by atoms with Crippen LogP contribution in [0.5, 0.6) is 0 Å². The van der Waals surface area contributed by atoms with Gasteiger partial charge in [0.2, 0.25) is 5.79 Å². The van der Waals surface area contributed by atoms with Gasteiger partial charge in [-0.15, -0.1) is 46.4 Å². The van der Waals surface area contributed by atoms with Gasteiger partial charge in [0, 0.05) is 37.9 Å². The van der Waals surface area contributed by atoms with Gasteiger partial charge in [0.15, 0.2) is 5.79 Å². The lowest BCUT2D eigenvalue weighted by Crippen LogP contribution is -2.99. The predicted octanol–water partition coefficient (Wildman–Crippen LogP) is 0.915. The van der Waals surface area contributed by atoms with Crippen LogP contribution in [0.4, 0.5) is 0 Å². The fourth-order valence-electron chi connectivity index (χ4n) is 8.08. The zero-order valence-corrected chi connectivity index (χ0v) is 15.6. The molecule has 5 aliphatic carbocycles. The summed E-state index contributed by atoms with van der Waals surface area (Å²) in [5, 5.41) is 21.6. The van der Waals surface area contributed by atoms with Crippen LogP contribution in [-0.4, -0.2) is 61.3 Å². The van der Waals surface area contributed by atoms with E-state index in [1.165, 1.54) is 14.2 Å². The zero-order chi connectivity index (χ0) is 17.5. The summed E-state index contributed by atoms with van der Waals surface area (Å²) in [6.07, 6.45) is 0. The Morgan fingerprint density at radius 2 is 1.42 bits per heavy atom. The summed E-state index contributed by atoms with van der Waals surface area (Å²) in [6.45, 7) is 0. The maximum atomic E-state index is 12.9. The van der Waals surface area contributed by atoms with Crippen LogP contribution in [0.3, 0.4) is 0 Å². The van der Waals surface area contributed by atoms with E-state index >= 15 is 0 Å². The number of fused-ring (bicyclic) bond motifs is 14. The van der Waals surface area contributed by atoms with E-state index in [0.717, 1.165) is 0 Å². The van der Waals surface area contributed by atoms with Gasteiger partial charge in [-0.2, -0.15) is 0 Å². The molecule has 0 spiro atoms. The highest BCUT2D eigenvalue weighted by atomic mass is 35.5. The summed E-state index contributed by atoms with van der Waals surface area (Å²) in [4.78, 5) is 7.29. The third-order valence-electron chi connectivity index (χ3n) is 8.36. The van der Waals surface area contributed by atoms with Crippen molar-refractivity contribution in [3.63, 3.8) is 0 Å². The minimum atomic E-state index is -2.10. The highest BCUT2D eigenvalue weighted by molar-refractivity contribution is 6.52. The van der Waals surface area contributed by atoms with Crippen LogP contribution in [0.15, 0.2) is 0 Å². The van der Waals surface area contributed by atoms with Crippen molar-refractivity contribution in [2.24, 2.45) is 35.5 Å². The number of carbonyl (C=O) groups is 1. The number of ether oxygens (including phenoxy) is 2. The molecule has 0 saturated heterocycles. The van der Waals surface area contributed by atoms with Gasteiger partial charge < -0.3 is 19.7 Å². The minimum absolute atomic E-state index is 0.0887. The Bertz CT molecular complexity index is 756. The van der Waals surface area contributed by atoms with Crippen molar-refractivity contribution >= 4 is 52.2 Å². The predicted molar refractivity (Wildman–Crippen MR) is 84.2 cm³/mol. The lowest BCUT2D eigenvalue weighted by atomic mass is 9.25. The molecule has 0 aromatic carbocycles. The number of carbonyl (C=O) groups excluding carboxylic acids is 1. The van der Waals surface area contributed by atoms with E-state index in [1.54, 1.807) is 0 Å². The number of hydrogen-bond donors (Lipinski definition) is 2. The summed E-state index contributed by atoms with van der Waals surface area (Å²) in [7, 11) is 2.86. The molecule has 0 radical (unpaired) electrons. The van der Waals surface area contributed by atoms with Crippen molar-refractivity contribution in [3.8, 4) is 0 Å². The molecule has 24 heavy (non-hydrogen) atoms. The number of aliphatic hydroxyl groups is 2. The second kappa shape index (κ2) is 3.42. The molecule has 0 aromatic rings. The maximum Gasteiger partial charge on any atom is 0.211 e. The van der Waals surface area contributed by atoms with E-state index in [2.05, 4.69) is 0 Å². The number of Topliss-reactive ketones (excluding diaryl/α,β-unsaturated/α-hetero) is 1. The molecule has 0 aliphatic heterocycles. The van der Waals surface area contributed by atoms with E-state index in [4.69, 9.17) is 55.9 Å². The standard InChI is InChI=1S/C15H14Cl4O5/c1-23-15(24-2)12(17)5-3-4-6(5)13(15,18)14(19)9(10(4,21)22)7(8(3)20)11(12,14)16/h3-7,9,21-22H,1-2H3/t3-,4+,5-,6+,7+,9+,11+,12-,13+,14+/m1/s1. The third kappa shape index (κ3) is 0.796. The Kier molecular flexibility index (Phi) is 2.24. The lowest BCUT2D eigenvalue weighted by molar-refractivity contribution is -0.388. The SMILES string of the molecule is COC1(OC)[C@]2(Cl)[C@H]3[C@@H]4[C@H]5C(=O)[C@H]6[C@@H](C4(O)O)[C@]2(Cl)[C@@]6(Cl)[C@]1(Cl)[C@H]53. The number of alkyl halides is 4. The minimum Gasteiger partial charge on any atom is -0.365 e. The highest BCUT2D eigenvalue weighted by Crippen LogP contribution is 2.98. The number of rotatable bonds is 2. The Morgan fingerprint density at radius 1 is 0.875 bits per heavy atom. The first kappa shape index (κ1) is 15.7.